The van der Waals surface area contributed by atoms with Crippen molar-refractivity contribution in [3.8, 4) is 0 Å². The van der Waals surface area contributed by atoms with Crippen LogP contribution < -0.4 is 10.6 Å². The van der Waals surface area contributed by atoms with Gasteiger partial charge >= 0.3 is 0 Å². The number of fused-ring (bicyclic) bond motifs is 3. The topological polar surface area (TPSA) is 96.7 Å². The molecule has 0 atom stereocenters. The zero-order valence-electron chi connectivity index (χ0n) is 21.5. The number of rotatable bonds is 7. The zero-order valence-corrected chi connectivity index (χ0v) is 21.5. The summed E-state index contributed by atoms with van der Waals surface area (Å²) in [4.78, 5) is 15.9. The molecular formula is C29H36FN5O2. The molecule has 4 bridgehead atoms. The molecule has 1 aromatic heterocycles. The molecule has 7 nitrogen and oxygen atoms in total. The third kappa shape index (κ3) is 3.47. The van der Waals surface area contributed by atoms with E-state index in [1.165, 1.54) is 24.2 Å². The third-order valence-electron chi connectivity index (χ3n) is 10.6. The number of carbonyl (C=O) groups is 1. The summed E-state index contributed by atoms with van der Waals surface area (Å²) in [5.74, 6) is 0.746. The molecule has 3 N–H and O–H groups in total. The summed E-state index contributed by atoms with van der Waals surface area (Å²) < 4.78 is 16.5. The average molecular weight is 506 g/mol. The number of carbonyl (C=O) groups excluding carboxylic acids is 1. The van der Waals surface area contributed by atoms with Gasteiger partial charge in [0.05, 0.1) is 11.1 Å². The molecule has 7 aliphatic rings. The second kappa shape index (κ2) is 7.58. The molecule has 2 aromatic rings. The Balaban J connectivity index is 1.15. The van der Waals surface area contributed by atoms with Crippen molar-refractivity contribution in [2.24, 2.45) is 28.8 Å². The van der Waals surface area contributed by atoms with E-state index in [1.54, 1.807) is 6.07 Å². The number of oxime groups is 1. The summed E-state index contributed by atoms with van der Waals surface area (Å²) in [6.07, 6.45) is 10.1. The minimum Gasteiger partial charge on any atom is -0.409 e. The van der Waals surface area contributed by atoms with Crippen LogP contribution >= 0.6 is 0 Å². The summed E-state index contributed by atoms with van der Waals surface area (Å²) in [6.45, 7) is 0.637. The quantitative estimate of drug-likeness (QED) is 0.242. The van der Waals surface area contributed by atoms with Gasteiger partial charge in [0, 0.05) is 41.9 Å². The fraction of sp³-hybridized carbons (Fsp3) is 0.621. The molecule has 0 saturated heterocycles. The highest BCUT2D eigenvalue weighted by Crippen LogP contribution is 2.70. The van der Waals surface area contributed by atoms with Crippen LogP contribution in [0.3, 0.4) is 0 Å². The van der Waals surface area contributed by atoms with Crippen molar-refractivity contribution in [3.63, 3.8) is 0 Å². The smallest absolute Gasteiger partial charge is 0.233 e. The van der Waals surface area contributed by atoms with Gasteiger partial charge in [-0.3, -0.25) is 9.48 Å². The number of amides is 1. The molecular weight excluding hydrogens is 469 g/mol. The van der Waals surface area contributed by atoms with Crippen molar-refractivity contribution in [2.75, 3.05) is 11.4 Å². The van der Waals surface area contributed by atoms with E-state index in [2.05, 4.69) is 23.0 Å². The van der Waals surface area contributed by atoms with Gasteiger partial charge < -0.3 is 15.8 Å². The van der Waals surface area contributed by atoms with Gasteiger partial charge in [-0.2, -0.15) is 5.10 Å². The molecule has 1 aromatic carbocycles. The molecule has 0 unspecified atom stereocenters. The van der Waals surface area contributed by atoms with E-state index in [0.717, 1.165) is 44.2 Å². The molecule has 196 valence electrons. The molecule has 7 saturated carbocycles. The lowest BCUT2D eigenvalue weighted by Gasteiger charge is -2.65. The SMILES string of the molecule is Cn1nc(C23CCC(CN(C(=O)C45CC(F)(C4)C5)c4cccc(/C(N)=N\O)c4)(CC2)CC3)cc1C1CC1. The number of amidine groups is 1. The maximum absolute atomic E-state index is 14.4. The van der Waals surface area contributed by atoms with Crippen molar-refractivity contribution in [1.29, 1.82) is 0 Å². The number of hydrogen-bond acceptors (Lipinski definition) is 4. The van der Waals surface area contributed by atoms with Gasteiger partial charge in [-0.05, 0) is 94.2 Å². The Hall–Kier alpha value is -2.90. The zero-order chi connectivity index (χ0) is 25.6. The van der Waals surface area contributed by atoms with E-state index < -0.39 is 11.1 Å². The molecule has 0 aliphatic heterocycles. The minimum atomic E-state index is -1.13. The van der Waals surface area contributed by atoms with Crippen LogP contribution in [0.4, 0.5) is 10.1 Å². The number of aromatic nitrogens is 2. The molecule has 37 heavy (non-hydrogen) atoms. The van der Waals surface area contributed by atoms with Gasteiger partial charge in [-0.15, -0.1) is 0 Å². The Morgan fingerprint density at radius 2 is 1.84 bits per heavy atom. The van der Waals surface area contributed by atoms with Crippen LogP contribution in [-0.4, -0.2) is 38.9 Å². The van der Waals surface area contributed by atoms with Gasteiger partial charge in [-0.1, -0.05) is 17.3 Å². The Kier molecular flexibility index (Phi) is 4.76. The molecule has 8 heteroatoms. The summed E-state index contributed by atoms with van der Waals surface area (Å²) in [7, 11) is 2.09. The first-order valence-electron chi connectivity index (χ1n) is 13.8. The second-order valence-electron chi connectivity index (χ2n) is 13.0. The first-order valence-corrected chi connectivity index (χ1v) is 13.8. The molecule has 0 spiro atoms. The number of aryl methyl sites for hydroxylation is 1. The van der Waals surface area contributed by atoms with E-state index >= 15 is 0 Å². The lowest BCUT2D eigenvalue weighted by atomic mass is 9.41. The number of halogens is 1. The number of anilines is 1. The van der Waals surface area contributed by atoms with Crippen molar-refractivity contribution in [1.82, 2.24) is 9.78 Å². The van der Waals surface area contributed by atoms with Crippen LogP contribution in [0.5, 0.6) is 0 Å². The van der Waals surface area contributed by atoms with E-state index in [0.29, 0.717) is 37.3 Å². The summed E-state index contributed by atoms with van der Waals surface area (Å²) in [6, 6.07) is 9.73. The van der Waals surface area contributed by atoms with Gasteiger partial charge in [0.25, 0.3) is 0 Å². The Labute approximate surface area is 216 Å². The Morgan fingerprint density at radius 3 is 2.43 bits per heavy atom. The van der Waals surface area contributed by atoms with E-state index in [-0.39, 0.29) is 22.6 Å². The van der Waals surface area contributed by atoms with Gasteiger partial charge in [-0.25, -0.2) is 4.39 Å². The van der Waals surface area contributed by atoms with Crippen LogP contribution in [-0.2, 0) is 17.3 Å². The maximum atomic E-state index is 14.4. The van der Waals surface area contributed by atoms with Crippen LogP contribution in [0.2, 0.25) is 0 Å². The standard InChI is InChI=1S/C29H36FN5O2/c1-34-22(19-5-6-19)14-23(32-34)27-10-7-26(8-11-27,9-12-27)18-35(25(36)28-15-29(30,16-28)17-28)21-4-2-3-20(13-21)24(31)33-37/h2-4,13-14,19,37H,5-12,15-18H2,1H3,(H2,31,33). The summed E-state index contributed by atoms with van der Waals surface area (Å²) >= 11 is 0. The number of hydrogen-bond donors (Lipinski definition) is 2. The average Bonchev–Trinajstić information content (AvgIpc) is 3.65. The number of benzene rings is 1. The van der Waals surface area contributed by atoms with Crippen LogP contribution in [0.25, 0.3) is 0 Å². The number of nitrogens with two attached hydrogens (primary N) is 1. The third-order valence-corrected chi connectivity index (χ3v) is 10.6. The molecule has 1 amide bonds. The Morgan fingerprint density at radius 1 is 1.16 bits per heavy atom. The van der Waals surface area contributed by atoms with Crippen LogP contribution in [0, 0.1) is 10.8 Å². The summed E-state index contributed by atoms with van der Waals surface area (Å²) in [5.41, 5.74) is 8.37. The maximum Gasteiger partial charge on any atom is 0.233 e. The minimum absolute atomic E-state index is 0.0154. The number of nitrogens with zero attached hydrogens (tertiary/aromatic N) is 4. The number of alkyl halides is 1. The predicted octanol–water partition coefficient (Wildman–Crippen LogP) is 4.91. The fourth-order valence-electron chi connectivity index (χ4n) is 8.07. The van der Waals surface area contributed by atoms with E-state index in [1.807, 2.05) is 23.1 Å². The monoisotopic (exact) mass is 505 g/mol. The predicted molar refractivity (Wildman–Crippen MR) is 138 cm³/mol. The molecule has 7 fully saturated rings. The molecule has 7 aliphatic carbocycles. The summed E-state index contributed by atoms with van der Waals surface area (Å²) in [5, 5.41) is 17.3. The van der Waals surface area contributed by atoms with Crippen LogP contribution in [0.15, 0.2) is 35.5 Å². The van der Waals surface area contributed by atoms with Gasteiger partial charge in [0.2, 0.25) is 5.91 Å². The van der Waals surface area contributed by atoms with Crippen molar-refractivity contribution >= 4 is 17.4 Å². The Bertz CT molecular complexity index is 1270. The highest BCUT2D eigenvalue weighted by atomic mass is 19.1. The second-order valence-corrected chi connectivity index (χ2v) is 13.0. The van der Waals surface area contributed by atoms with Gasteiger partial charge in [0.15, 0.2) is 5.84 Å². The fourth-order valence-corrected chi connectivity index (χ4v) is 8.07. The molecule has 0 radical (unpaired) electrons. The normalized spacial score (nSPS) is 36.1. The van der Waals surface area contributed by atoms with E-state index in [9.17, 15) is 14.4 Å². The first-order chi connectivity index (χ1) is 17.7. The van der Waals surface area contributed by atoms with E-state index in [4.69, 9.17) is 10.8 Å². The highest BCUT2D eigenvalue weighted by Gasteiger charge is 2.73. The lowest BCUT2D eigenvalue weighted by Crippen LogP contribution is -2.71. The molecule has 1 heterocycles. The lowest BCUT2D eigenvalue weighted by molar-refractivity contribution is -0.211. The van der Waals surface area contributed by atoms with Crippen molar-refractivity contribution in [3.05, 3.63) is 47.3 Å². The molecule has 9 rings (SSSR count). The van der Waals surface area contributed by atoms with Crippen molar-refractivity contribution in [2.45, 2.75) is 87.6 Å². The van der Waals surface area contributed by atoms with Gasteiger partial charge in [0.1, 0.15) is 5.67 Å². The largest absolute Gasteiger partial charge is 0.409 e. The highest BCUT2D eigenvalue weighted by molar-refractivity contribution is 6.02. The van der Waals surface area contributed by atoms with Crippen molar-refractivity contribution < 1.29 is 14.4 Å². The van der Waals surface area contributed by atoms with Crippen LogP contribution in [0.1, 0.15) is 93.5 Å². The first kappa shape index (κ1) is 23.2.